The number of amides is 2. The first kappa shape index (κ1) is 26.3. The van der Waals surface area contributed by atoms with E-state index >= 15 is 8.78 Å². The minimum Gasteiger partial charge on any atom is -0.497 e. The monoisotopic (exact) mass is 552 g/mol. The fraction of sp³-hybridized carbons (Fsp3) is 0.320. The van der Waals surface area contributed by atoms with Crippen LogP contribution in [0.4, 0.5) is 27.6 Å². The molecule has 1 saturated heterocycles. The van der Waals surface area contributed by atoms with Crippen molar-refractivity contribution in [3.8, 4) is 17.4 Å². The number of benzene rings is 2. The maximum Gasteiger partial charge on any atom is 0.573 e. The summed E-state index contributed by atoms with van der Waals surface area (Å²) in [7, 11) is 1.24. The summed E-state index contributed by atoms with van der Waals surface area (Å²) in [6.07, 6.45) is -2.81. The minimum absolute atomic E-state index is 0.0733. The number of nitrogens with zero attached hydrogens (tertiary/aromatic N) is 3. The van der Waals surface area contributed by atoms with Gasteiger partial charge in [0, 0.05) is 48.7 Å². The average molecular weight is 552 g/mol. The van der Waals surface area contributed by atoms with Gasteiger partial charge in [0.1, 0.15) is 34.9 Å². The van der Waals surface area contributed by atoms with Gasteiger partial charge in [-0.2, -0.15) is 5.10 Å². The Bertz CT molecular complexity index is 1390. The van der Waals surface area contributed by atoms with Crippen LogP contribution in [0.2, 0.25) is 0 Å². The van der Waals surface area contributed by atoms with Crippen LogP contribution in [0.25, 0.3) is 0 Å². The highest BCUT2D eigenvalue weighted by Gasteiger charge is 2.46. The Hall–Kier alpha value is -4.36. The molecule has 0 saturated carbocycles. The number of alkyl halides is 3. The molecular formula is C25H21F5N4O5. The van der Waals surface area contributed by atoms with Crippen molar-refractivity contribution in [1.29, 1.82) is 0 Å². The van der Waals surface area contributed by atoms with E-state index in [0.717, 1.165) is 36.4 Å². The summed E-state index contributed by atoms with van der Waals surface area (Å²) in [6, 6.07) is 4.51. The average Bonchev–Trinajstić information content (AvgIpc) is 3.44. The molecule has 206 valence electrons. The van der Waals surface area contributed by atoms with Crippen LogP contribution in [0.3, 0.4) is 0 Å². The molecule has 3 heterocycles. The summed E-state index contributed by atoms with van der Waals surface area (Å²) in [5.41, 5.74) is -0.256. The maximum absolute atomic E-state index is 15.1. The van der Waals surface area contributed by atoms with E-state index in [-0.39, 0.29) is 23.5 Å². The molecule has 2 aliphatic rings. The summed E-state index contributed by atoms with van der Waals surface area (Å²) in [5.74, 6) is -4.97. The van der Waals surface area contributed by atoms with E-state index in [1.165, 1.54) is 18.2 Å². The maximum atomic E-state index is 15.1. The van der Waals surface area contributed by atoms with E-state index in [1.54, 1.807) is 4.68 Å². The van der Waals surface area contributed by atoms with Gasteiger partial charge in [0.05, 0.1) is 19.9 Å². The molecule has 0 bridgehead atoms. The molecule has 1 aromatic heterocycles. The third-order valence-corrected chi connectivity index (χ3v) is 6.43. The number of ether oxygens (including phenoxy) is 3. The van der Waals surface area contributed by atoms with Gasteiger partial charge in [0.25, 0.3) is 5.91 Å². The lowest BCUT2D eigenvalue weighted by molar-refractivity contribution is -0.274. The number of anilines is 1. The molecule has 14 heteroatoms. The molecule has 5 rings (SSSR count). The third kappa shape index (κ3) is 5.18. The highest BCUT2D eigenvalue weighted by molar-refractivity contribution is 6.05. The Morgan fingerprint density at radius 1 is 1.13 bits per heavy atom. The Morgan fingerprint density at radius 2 is 1.82 bits per heavy atom. The molecular weight excluding hydrogens is 531 g/mol. The van der Waals surface area contributed by atoms with Crippen molar-refractivity contribution in [3.05, 3.63) is 65.4 Å². The van der Waals surface area contributed by atoms with Crippen LogP contribution in [0.5, 0.6) is 17.4 Å². The number of carbonyl (C=O) groups excluding carboxylic acids is 2. The number of hydrogen-bond acceptors (Lipinski definition) is 6. The molecule has 0 aliphatic carbocycles. The zero-order chi connectivity index (χ0) is 27.9. The van der Waals surface area contributed by atoms with Gasteiger partial charge in [0.2, 0.25) is 11.8 Å². The first-order valence-electron chi connectivity index (χ1n) is 11.8. The first-order chi connectivity index (χ1) is 18.6. The van der Waals surface area contributed by atoms with E-state index in [2.05, 4.69) is 15.2 Å². The highest BCUT2D eigenvalue weighted by atomic mass is 19.4. The second kappa shape index (κ2) is 10.1. The van der Waals surface area contributed by atoms with Crippen LogP contribution in [-0.4, -0.2) is 54.3 Å². The van der Waals surface area contributed by atoms with Gasteiger partial charge in [-0.3, -0.25) is 9.59 Å². The molecule has 1 unspecified atom stereocenters. The van der Waals surface area contributed by atoms with E-state index in [1.807, 2.05) is 0 Å². The summed E-state index contributed by atoms with van der Waals surface area (Å²) >= 11 is 0. The fourth-order valence-corrected chi connectivity index (χ4v) is 4.68. The predicted octanol–water partition coefficient (Wildman–Crippen LogP) is 3.78. The summed E-state index contributed by atoms with van der Waals surface area (Å²) in [5, 5.41) is 6.70. The second-order valence-electron chi connectivity index (χ2n) is 8.84. The normalized spacial score (nSPS) is 18.9. The zero-order valence-electron chi connectivity index (χ0n) is 20.3. The fourth-order valence-electron chi connectivity index (χ4n) is 4.68. The van der Waals surface area contributed by atoms with Crippen LogP contribution in [0.1, 0.15) is 28.3 Å². The number of aryl methyl sites for hydroxylation is 1. The Morgan fingerprint density at radius 3 is 2.46 bits per heavy atom. The number of aromatic nitrogens is 2. The number of halogens is 5. The van der Waals surface area contributed by atoms with Gasteiger partial charge in [-0.15, -0.1) is 13.2 Å². The molecule has 2 atom stereocenters. The zero-order valence-corrected chi connectivity index (χ0v) is 20.3. The largest absolute Gasteiger partial charge is 0.573 e. The first-order valence-corrected chi connectivity index (χ1v) is 11.8. The van der Waals surface area contributed by atoms with Gasteiger partial charge in [0.15, 0.2) is 0 Å². The Labute approximate surface area is 218 Å². The van der Waals surface area contributed by atoms with Crippen LogP contribution in [0.15, 0.2) is 42.6 Å². The Balaban J connectivity index is 1.47. The molecule has 39 heavy (non-hydrogen) atoms. The van der Waals surface area contributed by atoms with Crippen LogP contribution in [-0.2, 0) is 11.3 Å². The van der Waals surface area contributed by atoms with Crippen molar-refractivity contribution in [2.75, 3.05) is 25.2 Å². The van der Waals surface area contributed by atoms with Gasteiger partial charge in [-0.05, 0) is 24.3 Å². The van der Waals surface area contributed by atoms with Crippen LogP contribution < -0.4 is 24.4 Å². The molecule has 9 nitrogen and oxygen atoms in total. The van der Waals surface area contributed by atoms with Crippen molar-refractivity contribution in [2.45, 2.75) is 31.3 Å². The third-order valence-electron chi connectivity index (χ3n) is 6.43. The SMILES string of the molecule is COc1cc(F)c([C@@H]2CN(c3cnn4c3OCCC4)C(=O)C2NC(=O)c2ccc(OC(F)(F)F)cc2)c(F)c1. The van der Waals surface area contributed by atoms with Crippen molar-refractivity contribution in [3.63, 3.8) is 0 Å². The van der Waals surface area contributed by atoms with E-state index < -0.39 is 53.1 Å². The van der Waals surface area contributed by atoms with E-state index in [0.29, 0.717) is 25.5 Å². The molecule has 2 amide bonds. The van der Waals surface area contributed by atoms with Crippen molar-refractivity contribution in [2.24, 2.45) is 0 Å². The van der Waals surface area contributed by atoms with Gasteiger partial charge in [-0.25, -0.2) is 13.5 Å². The van der Waals surface area contributed by atoms with Crippen molar-refractivity contribution < 1.29 is 45.8 Å². The topological polar surface area (TPSA) is 94.9 Å². The standard InChI is InChI=1S/C25H21F5N4O5/c1-37-15-9-17(26)20(18(27)10-15)16-12-33(19-11-31-34-7-2-8-38-24(19)34)23(36)21(16)32-22(35)13-3-5-14(6-4-13)39-25(28,29)30/h3-6,9-11,16,21H,2,7-8,12H2,1H3,(H,32,35)/t16-,21?/m0/s1. The number of carbonyl (C=O) groups is 2. The Kier molecular flexibility index (Phi) is 6.78. The molecule has 0 radical (unpaired) electrons. The van der Waals surface area contributed by atoms with Crippen LogP contribution >= 0.6 is 0 Å². The quantitative estimate of drug-likeness (QED) is 0.468. The summed E-state index contributed by atoms with van der Waals surface area (Å²) < 4.78 is 83.6. The van der Waals surface area contributed by atoms with Crippen molar-refractivity contribution >= 4 is 17.5 Å². The lowest BCUT2D eigenvalue weighted by Gasteiger charge is -2.20. The molecule has 0 spiro atoms. The van der Waals surface area contributed by atoms with E-state index in [4.69, 9.17) is 9.47 Å². The minimum atomic E-state index is -4.92. The van der Waals surface area contributed by atoms with Gasteiger partial charge >= 0.3 is 6.36 Å². The summed E-state index contributed by atoms with van der Waals surface area (Å²) in [4.78, 5) is 27.9. The highest BCUT2D eigenvalue weighted by Crippen LogP contribution is 2.40. The molecule has 1 N–H and O–H groups in total. The lowest BCUT2D eigenvalue weighted by Crippen LogP contribution is -2.44. The molecule has 3 aromatic rings. The smallest absolute Gasteiger partial charge is 0.497 e. The predicted molar refractivity (Wildman–Crippen MR) is 125 cm³/mol. The number of hydrogen-bond donors (Lipinski definition) is 1. The van der Waals surface area contributed by atoms with Crippen molar-refractivity contribution in [1.82, 2.24) is 15.1 Å². The summed E-state index contributed by atoms with van der Waals surface area (Å²) in [6.45, 7) is 0.723. The molecule has 2 aromatic carbocycles. The van der Waals surface area contributed by atoms with E-state index in [9.17, 15) is 22.8 Å². The van der Waals surface area contributed by atoms with Gasteiger partial charge < -0.3 is 24.4 Å². The number of nitrogens with one attached hydrogen (secondary N) is 1. The molecule has 2 aliphatic heterocycles. The number of methoxy groups -OCH3 is 1. The number of fused-ring (bicyclic) bond motifs is 1. The second-order valence-corrected chi connectivity index (χ2v) is 8.84. The lowest BCUT2D eigenvalue weighted by atomic mass is 9.92. The molecule has 1 fully saturated rings. The van der Waals surface area contributed by atoms with Gasteiger partial charge in [-0.1, -0.05) is 0 Å². The number of rotatable bonds is 6. The van der Waals surface area contributed by atoms with Crippen LogP contribution in [0, 0.1) is 11.6 Å².